The zero-order chi connectivity index (χ0) is 29.8. The first-order valence-electron chi connectivity index (χ1n) is 14.2. The molecule has 0 N–H and O–H groups in total. The van der Waals surface area contributed by atoms with Crippen molar-refractivity contribution in [1.82, 2.24) is 9.13 Å². The normalized spacial score (nSPS) is 11.1. The summed E-state index contributed by atoms with van der Waals surface area (Å²) in [7, 11) is 0. The fourth-order valence-electron chi connectivity index (χ4n) is 6.57. The third-order valence-electron chi connectivity index (χ3n) is 8.38. The lowest BCUT2D eigenvalue weighted by molar-refractivity contribution is 1.17. The molecule has 202 valence electrons. The average Bonchev–Trinajstić information content (AvgIpc) is 3.61. The summed E-state index contributed by atoms with van der Waals surface area (Å²) in [5, 5.41) is 23.7. The molecule has 0 saturated carbocycles. The number of nitriles is 2. The van der Waals surface area contributed by atoms with Crippen LogP contribution < -0.4 is 0 Å². The van der Waals surface area contributed by atoms with Crippen LogP contribution in [0.1, 0.15) is 11.1 Å². The van der Waals surface area contributed by atoms with E-state index in [0.717, 1.165) is 66.1 Å². The van der Waals surface area contributed by atoms with Crippen LogP contribution in [0.25, 0.3) is 71.0 Å². The number of nitrogens with zero attached hydrogens (tertiary/aromatic N) is 5. The number of para-hydroxylation sites is 5. The van der Waals surface area contributed by atoms with Gasteiger partial charge in [-0.1, -0.05) is 78.9 Å². The third kappa shape index (κ3) is 3.56. The van der Waals surface area contributed by atoms with E-state index in [1.54, 1.807) is 6.07 Å². The van der Waals surface area contributed by atoms with E-state index in [2.05, 4.69) is 74.6 Å². The second-order valence-electron chi connectivity index (χ2n) is 10.7. The van der Waals surface area contributed by atoms with Gasteiger partial charge in [0, 0.05) is 38.4 Å². The largest absolute Gasteiger partial charge is 0.318 e. The van der Waals surface area contributed by atoms with Gasteiger partial charge in [0.25, 0.3) is 0 Å². The van der Waals surface area contributed by atoms with E-state index in [4.69, 9.17) is 6.57 Å². The quantitative estimate of drug-likeness (QED) is 0.202. The number of rotatable bonds is 3. The van der Waals surface area contributed by atoms with Crippen LogP contribution in [0.5, 0.6) is 0 Å². The average molecular weight is 560 g/mol. The van der Waals surface area contributed by atoms with Crippen molar-refractivity contribution in [3.8, 4) is 34.6 Å². The predicted octanol–water partition coefficient (Wildman–Crippen LogP) is 9.84. The van der Waals surface area contributed by atoms with Gasteiger partial charge in [0.2, 0.25) is 5.69 Å². The molecule has 5 nitrogen and oxygen atoms in total. The maximum atomic E-state index is 9.75. The number of fused-ring (bicyclic) bond motifs is 6. The van der Waals surface area contributed by atoms with Crippen molar-refractivity contribution in [2.24, 2.45) is 0 Å². The standard InChI is InChI=1S/C39H21N5/c1-42-34-16-3-5-18-37(34)44-35-17-4-2-11-28(35)29-12-7-14-31(39(29)44)30-13-8-15-32-33-22-26(24-41)19-20-36(33)43(38(30)32)27-10-6-9-25(21-27)23-40/h2-22H. The summed E-state index contributed by atoms with van der Waals surface area (Å²) in [4.78, 5) is 3.88. The molecule has 0 fully saturated rings. The highest BCUT2D eigenvalue weighted by molar-refractivity contribution is 6.19. The fourth-order valence-corrected chi connectivity index (χ4v) is 6.57. The highest BCUT2D eigenvalue weighted by Crippen LogP contribution is 2.44. The molecule has 0 aliphatic heterocycles. The van der Waals surface area contributed by atoms with Crippen LogP contribution in [0, 0.1) is 29.2 Å². The van der Waals surface area contributed by atoms with E-state index < -0.39 is 0 Å². The Balaban J connectivity index is 1.57. The van der Waals surface area contributed by atoms with Crippen LogP contribution in [0.4, 0.5) is 5.69 Å². The lowest BCUT2D eigenvalue weighted by Crippen LogP contribution is -1.98. The molecule has 0 unspecified atom stereocenters. The maximum Gasteiger partial charge on any atom is 0.210 e. The molecule has 0 atom stereocenters. The summed E-state index contributed by atoms with van der Waals surface area (Å²) in [5.74, 6) is 0. The van der Waals surface area contributed by atoms with Gasteiger partial charge in [-0.3, -0.25) is 0 Å². The van der Waals surface area contributed by atoms with Gasteiger partial charge in [-0.15, -0.1) is 0 Å². The second-order valence-corrected chi connectivity index (χ2v) is 10.7. The smallest absolute Gasteiger partial charge is 0.210 e. The topological polar surface area (TPSA) is 61.8 Å². The fraction of sp³-hybridized carbons (Fsp3) is 0. The molecule has 8 rings (SSSR count). The van der Waals surface area contributed by atoms with Gasteiger partial charge in [0.15, 0.2) is 0 Å². The number of aromatic nitrogens is 2. The number of hydrogen-bond donors (Lipinski definition) is 0. The molecule has 0 aliphatic rings. The molecule has 0 amide bonds. The van der Waals surface area contributed by atoms with Crippen LogP contribution in [-0.4, -0.2) is 9.13 Å². The SMILES string of the molecule is [C-]#[N+]c1ccccc1-n1c2ccccc2c2cccc(-c3cccc4c5cc(C#N)ccc5n(-c5cccc(C#N)c5)c34)c21. The molecule has 8 aromatic rings. The van der Waals surface area contributed by atoms with Gasteiger partial charge in [-0.25, -0.2) is 4.85 Å². The summed E-state index contributed by atoms with van der Waals surface area (Å²) in [6, 6.07) is 46.7. The minimum atomic E-state index is 0.571. The summed E-state index contributed by atoms with van der Waals surface area (Å²) in [6.45, 7) is 7.94. The van der Waals surface area contributed by atoms with E-state index in [9.17, 15) is 10.5 Å². The van der Waals surface area contributed by atoms with Crippen LogP contribution in [0.15, 0.2) is 127 Å². The minimum Gasteiger partial charge on any atom is -0.318 e. The molecule has 5 heteroatoms. The molecule has 0 spiro atoms. The molecule has 0 bridgehead atoms. The molecule has 0 radical (unpaired) electrons. The molecular weight excluding hydrogens is 538 g/mol. The lowest BCUT2D eigenvalue weighted by Gasteiger charge is -2.15. The highest BCUT2D eigenvalue weighted by Gasteiger charge is 2.22. The molecule has 44 heavy (non-hydrogen) atoms. The molecule has 6 aromatic carbocycles. The molecule has 0 saturated heterocycles. The summed E-state index contributed by atoms with van der Waals surface area (Å²) in [6.07, 6.45) is 0. The van der Waals surface area contributed by atoms with Gasteiger partial charge in [0.1, 0.15) is 0 Å². The van der Waals surface area contributed by atoms with Gasteiger partial charge in [-0.2, -0.15) is 10.5 Å². The Morgan fingerprint density at radius 2 is 1.14 bits per heavy atom. The summed E-state index contributed by atoms with van der Waals surface area (Å²) in [5.41, 5.74) is 9.43. The number of hydrogen-bond acceptors (Lipinski definition) is 2. The van der Waals surface area contributed by atoms with Crippen molar-refractivity contribution >= 4 is 49.3 Å². The minimum absolute atomic E-state index is 0.571. The zero-order valence-electron chi connectivity index (χ0n) is 23.4. The Morgan fingerprint density at radius 3 is 1.91 bits per heavy atom. The van der Waals surface area contributed by atoms with Crippen LogP contribution in [0.2, 0.25) is 0 Å². The van der Waals surface area contributed by atoms with E-state index >= 15 is 0 Å². The van der Waals surface area contributed by atoms with Crippen molar-refractivity contribution in [3.05, 3.63) is 150 Å². The Morgan fingerprint density at radius 1 is 0.523 bits per heavy atom. The van der Waals surface area contributed by atoms with Crippen LogP contribution >= 0.6 is 0 Å². The van der Waals surface area contributed by atoms with Gasteiger partial charge in [0.05, 0.1) is 57.6 Å². The Hall–Kier alpha value is -6.61. The third-order valence-corrected chi connectivity index (χ3v) is 8.38. The summed E-state index contributed by atoms with van der Waals surface area (Å²) < 4.78 is 4.41. The van der Waals surface area contributed by atoms with Gasteiger partial charge < -0.3 is 9.13 Å². The van der Waals surface area contributed by atoms with E-state index in [1.165, 1.54) is 0 Å². The van der Waals surface area contributed by atoms with Crippen LogP contribution in [-0.2, 0) is 0 Å². The second kappa shape index (κ2) is 9.74. The first-order chi connectivity index (χ1) is 21.7. The van der Waals surface area contributed by atoms with Crippen molar-refractivity contribution in [1.29, 1.82) is 10.5 Å². The van der Waals surface area contributed by atoms with E-state index in [1.807, 2.05) is 72.8 Å². The molecular formula is C39H21N5. The Bertz CT molecular complexity index is 2600. The monoisotopic (exact) mass is 559 g/mol. The summed E-state index contributed by atoms with van der Waals surface area (Å²) >= 11 is 0. The Labute approximate surface area is 253 Å². The van der Waals surface area contributed by atoms with E-state index in [0.29, 0.717) is 16.8 Å². The van der Waals surface area contributed by atoms with Crippen molar-refractivity contribution in [2.75, 3.05) is 0 Å². The van der Waals surface area contributed by atoms with Crippen molar-refractivity contribution in [3.63, 3.8) is 0 Å². The molecule has 2 aromatic heterocycles. The number of benzene rings is 6. The predicted molar refractivity (Wildman–Crippen MR) is 176 cm³/mol. The molecule has 2 heterocycles. The zero-order valence-corrected chi connectivity index (χ0v) is 23.4. The highest BCUT2D eigenvalue weighted by atomic mass is 15.0. The van der Waals surface area contributed by atoms with Crippen molar-refractivity contribution < 1.29 is 0 Å². The van der Waals surface area contributed by atoms with Crippen molar-refractivity contribution in [2.45, 2.75) is 0 Å². The van der Waals surface area contributed by atoms with E-state index in [-0.39, 0.29) is 0 Å². The molecule has 0 aliphatic carbocycles. The van der Waals surface area contributed by atoms with Gasteiger partial charge in [-0.05, 0) is 48.5 Å². The first-order valence-corrected chi connectivity index (χ1v) is 14.2. The lowest BCUT2D eigenvalue weighted by atomic mass is 9.99. The maximum absolute atomic E-state index is 9.75. The first kappa shape index (κ1) is 25.1. The Kier molecular flexibility index (Phi) is 5.56. The van der Waals surface area contributed by atoms with Gasteiger partial charge >= 0.3 is 0 Å². The van der Waals surface area contributed by atoms with Crippen LogP contribution in [0.3, 0.4) is 0 Å².